The highest BCUT2D eigenvalue weighted by Gasteiger charge is 2.30. The molecule has 38 heavy (non-hydrogen) atoms. The third-order valence-corrected chi connectivity index (χ3v) is 8.32. The van der Waals surface area contributed by atoms with E-state index in [2.05, 4.69) is 5.32 Å². The average Bonchev–Trinajstić information content (AvgIpc) is 2.84. The molecule has 2 aromatic carbocycles. The van der Waals surface area contributed by atoms with Crippen LogP contribution in [0.5, 0.6) is 0 Å². The quantitative estimate of drug-likeness (QED) is 0.259. The van der Waals surface area contributed by atoms with Crippen molar-refractivity contribution in [2.24, 2.45) is 0 Å². The summed E-state index contributed by atoms with van der Waals surface area (Å²) in [5.74, 6) is -0.542. The molecule has 0 aromatic heterocycles. The molecule has 7 nitrogen and oxygen atoms in total. The minimum atomic E-state index is -3.63. The Balaban J connectivity index is 2.29. The van der Waals surface area contributed by atoms with Crippen LogP contribution in [0.3, 0.4) is 0 Å². The van der Waals surface area contributed by atoms with Gasteiger partial charge < -0.3 is 10.2 Å². The van der Waals surface area contributed by atoms with Crippen molar-refractivity contribution in [1.29, 1.82) is 0 Å². The third-order valence-electron chi connectivity index (χ3n) is 6.20. The molecule has 1 N–H and O–H groups in total. The number of unbranched alkanes of at least 4 members (excludes halogenated alkanes) is 1. The summed E-state index contributed by atoms with van der Waals surface area (Å²) < 4.78 is 26.4. The second-order valence-corrected chi connectivity index (χ2v) is 12.3. The van der Waals surface area contributed by atoms with Gasteiger partial charge in [-0.05, 0) is 56.0 Å². The van der Waals surface area contributed by atoms with Crippen LogP contribution in [-0.4, -0.2) is 50.5 Å². The lowest BCUT2D eigenvalue weighted by Crippen LogP contribution is -2.49. The largest absolute Gasteiger partial charge is 0.354 e. The maximum Gasteiger partial charge on any atom is 0.242 e. The summed E-state index contributed by atoms with van der Waals surface area (Å²) in [6.07, 6.45) is 3.52. The number of hydrogen-bond acceptors (Lipinski definition) is 4. The highest BCUT2D eigenvalue weighted by Crippen LogP contribution is 2.29. The molecule has 0 saturated carbocycles. The van der Waals surface area contributed by atoms with E-state index in [9.17, 15) is 18.0 Å². The van der Waals surface area contributed by atoms with Gasteiger partial charge >= 0.3 is 0 Å². The van der Waals surface area contributed by atoms with E-state index in [1.807, 2.05) is 13.8 Å². The maximum atomic E-state index is 13.6. The topological polar surface area (TPSA) is 86.8 Å². The van der Waals surface area contributed by atoms with E-state index in [4.69, 9.17) is 34.8 Å². The van der Waals surface area contributed by atoms with Crippen LogP contribution in [0.1, 0.15) is 57.1 Å². The van der Waals surface area contributed by atoms with Crippen molar-refractivity contribution in [2.45, 2.75) is 65.5 Å². The summed E-state index contributed by atoms with van der Waals surface area (Å²) in [6, 6.07) is 9.40. The van der Waals surface area contributed by atoms with Gasteiger partial charge in [-0.15, -0.1) is 0 Å². The Hall–Kier alpha value is -2.00. The van der Waals surface area contributed by atoms with Crippen LogP contribution in [0.2, 0.25) is 15.1 Å². The van der Waals surface area contributed by atoms with Crippen LogP contribution >= 0.6 is 34.8 Å². The summed E-state index contributed by atoms with van der Waals surface area (Å²) in [5, 5.41) is 4.13. The lowest BCUT2D eigenvalue weighted by atomic mass is 10.1. The summed E-state index contributed by atoms with van der Waals surface area (Å²) in [6.45, 7) is 6.32. The molecule has 2 aromatic rings. The normalized spacial score (nSPS) is 12.2. The zero-order valence-electron chi connectivity index (χ0n) is 22.3. The lowest BCUT2D eigenvalue weighted by Gasteiger charge is -2.31. The van der Waals surface area contributed by atoms with E-state index in [-0.39, 0.29) is 37.7 Å². The van der Waals surface area contributed by atoms with Crippen molar-refractivity contribution in [2.75, 3.05) is 23.7 Å². The fourth-order valence-electron chi connectivity index (χ4n) is 4.11. The lowest BCUT2D eigenvalue weighted by molar-refractivity contribution is -0.141. The van der Waals surface area contributed by atoms with Crippen molar-refractivity contribution in [3.63, 3.8) is 0 Å². The van der Waals surface area contributed by atoms with Crippen molar-refractivity contribution < 1.29 is 18.0 Å². The summed E-state index contributed by atoms with van der Waals surface area (Å²) in [5.41, 5.74) is 1.76. The molecule has 2 amide bonds. The highest BCUT2D eigenvalue weighted by atomic mass is 35.5. The van der Waals surface area contributed by atoms with E-state index >= 15 is 0 Å². The number of halogens is 3. The zero-order valence-corrected chi connectivity index (χ0v) is 25.4. The number of sulfonamides is 1. The monoisotopic (exact) mass is 603 g/mol. The Morgan fingerprint density at radius 3 is 2.26 bits per heavy atom. The predicted octanol–water partition coefficient (Wildman–Crippen LogP) is 6.23. The summed E-state index contributed by atoms with van der Waals surface area (Å²) in [4.78, 5) is 28.1. The Morgan fingerprint density at radius 2 is 1.68 bits per heavy atom. The van der Waals surface area contributed by atoms with Gasteiger partial charge in [0.05, 0.1) is 11.9 Å². The maximum absolute atomic E-state index is 13.6. The molecule has 0 radical (unpaired) electrons. The van der Waals surface area contributed by atoms with E-state index in [0.717, 1.165) is 24.7 Å². The molecule has 0 unspecified atom stereocenters. The number of anilines is 1. The van der Waals surface area contributed by atoms with Gasteiger partial charge in [-0.25, -0.2) is 8.42 Å². The predicted molar refractivity (Wildman–Crippen MR) is 157 cm³/mol. The van der Waals surface area contributed by atoms with Gasteiger partial charge in [-0.1, -0.05) is 67.2 Å². The number of nitrogens with zero attached hydrogens (tertiary/aromatic N) is 2. The molecule has 0 saturated heterocycles. The number of aryl methyl sites for hydroxylation is 1. The van der Waals surface area contributed by atoms with Crippen molar-refractivity contribution in [3.8, 4) is 0 Å². The molecule has 0 spiro atoms. The minimum absolute atomic E-state index is 0.0203. The number of carbonyl (C=O) groups excluding carboxylic acids is 2. The van der Waals surface area contributed by atoms with Crippen molar-refractivity contribution >= 4 is 62.3 Å². The fourth-order valence-corrected chi connectivity index (χ4v) is 5.81. The van der Waals surface area contributed by atoms with Gasteiger partial charge in [0.25, 0.3) is 0 Å². The van der Waals surface area contributed by atoms with E-state index < -0.39 is 16.1 Å². The molecule has 0 bridgehead atoms. The van der Waals surface area contributed by atoms with Crippen LogP contribution in [0.25, 0.3) is 0 Å². The molecule has 210 valence electrons. The molecule has 1 atom stereocenters. The number of rotatable bonds is 14. The van der Waals surface area contributed by atoms with Gasteiger partial charge in [-0.3, -0.25) is 13.9 Å². The van der Waals surface area contributed by atoms with Crippen LogP contribution in [0.15, 0.2) is 36.4 Å². The van der Waals surface area contributed by atoms with Gasteiger partial charge in [-0.2, -0.15) is 0 Å². The Kier molecular flexibility index (Phi) is 12.7. The number of carbonyl (C=O) groups is 2. The Morgan fingerprint density at radius 1 is 1.03 bits per heavy atom. The molecule has 0 fully saturated rings. The van der Waals surface area contributed by atoms with E-state index in [1.165, 1.54) is 9.21 Å². The summed E-state index contributed by atoms with van der Waals surface area (Å²) in [7, 11) is -3.63. The smallest absolute Gasteiger partial charge is 0.242 e. The first-order chi connectivity index (χ1) is 17.9. The first-order valence-electron chi connectivity index (χ1n) is 12.6. The van der Waals surface area contributed by atoms with E-state index in [1.54, 1.807) is 43.3 Å². The number of nitrogens with one attached hydrogen (secondary N) is 1. The molecule has 0 aliphatic rings. The molecule has 0 aliphatic carbocycles. The average molecular weight is 605 g/mol. The molecule has 2 rings (SSSR count). The third kappa shape index (κ3) is 9.04. The van der Waals surface area contributed by atoms with Gasteiger partial charge in [0.2, 0.25) is 21.8 Å². The van der Waals surface area contributed by atoms with Crippen LogP contribution < -0.4 is 9.62 Å². The summed E-state index contributed by atoms with van der Waals surface area (Å²) >= 11 is 18.9. The van der Waals surface area contributed by atoms with Crippen LogP contribution in [0.4, 0.5) is 5.69 Å². The molecule has 0 aliphatic heterocycles. The Labute approximate surface area is 241 Å². The number of hydrogen-bond donors (Lipinski definition) is 1. The minimum Gasteiger partial charge on any atom is -0.354 e. The van der Waals surface area contributed by atoms with Crippen LogP contribution in [0, 0.1) is 6.92 Å². The second-order valence-electron chi connectivity index (χ2n) is 9.16. The number of amides is 2. The fraction of sp³-hybridized carbons (Fsp3) is 0.481. The standard InChI is InChI=1S/C27H36Cl3N3O4S/c1-5-7-15-31-27(35)24(6-2)32(18-21-22(29)10-8-11-23(21)30)26(34)12-9-16-33(38(4,36)37)25-17-20(28)14-13-19(25)3/h8,10-11,13-14,17,24H,5-7,9,12,15-16,18H2,1-4H3,(H,31,35)/t24-/m1/s1. The molecular weight excluding hydrogens is 569 g/mol. The molecular formula is C27H36Cl3N3O4S. The second kappa shape index (κ2) is 15.0. The first kappa shape index (κ1) is 32.2. The van der Waals surface area contributed by atoms with Crippen molar-refractivity contribution in [3.05, 3.63) is 62.6 Å². The zero-order chi connectivity index (χ0) is 28.5. The Bertz CT molecular complexity index is 1200. The first-order valence-corrected chi connectivity index (χ1v) is 15.6. The van der Waals surface area contributed by atoms with Crippen LogP contribution in [-0.2, 0) is 26.2 Å². The molecule has 0 heterocycles. The van der Waals surface area contributed by atoms with Gasteiger partial charge in [0, 0.05) is 46.7 Å². The molecule has 11 heteroatoms. The highest BCUT2D eigenvalue weighted by molar-refractivity contribution is 7.92. The van der Waals surface area contributed by atoms with Gasteiger partial charge in [0.15, 0.2) is 0 Å². The van der Waals surface area contributed by atoms with E-state index in [0.29, 0.717) is 39.3 Å². The SMILES string of the molecule is CCCCNC(=O)[C@@H](CC)N(Cc1c(Cl)cccc1Cl)C(=O)CCCN(c1cc(Cl)ccc1C)S(C)(=O)=O. The number of benzene rings is 2. The van der Waals surface area contributed by atoms with Crippen molar-refractivity contribution in [1.82, 2.24) is 10.2 Å². The van der Waals surface area contributed by atoms with Gasteiger partial charge in [0.1, 0.15) is 6.04 Å².